The minimum Gasteiger partial charge on any atom is -0.467 e. The van der Waals surface area contributed by atoms with Crippen molar-refractivity contribution in [2.24, 2.45) is 34.5 Å². The van der Waals surface area contributed by atoms with Crippen LogP contribution in [-0.2, 0) is 19.1 Å². The number of cyclic esters (lactones) is 1. The van der Waals surface area contributed by atoms with E-state index < -0.39 is 0 Å². The van der Waals surface area contributed by atoms with Crippen molar-refractivity contribution in [3.05, 3.63) is 23.3 Å². The van der Waals surface area contributed by atoms with E-state index >= 15 is 0 Å². The molecule has 5 rings (SSSR count). The molecule has 0 spiro atoms. The maximum Gasteiger partial charge on any atom is 0.331 e. The van der Waals surface area contributed by atoms with Gasteiger partial charge in [0.1, 0.15) is 6.61 Å². The summed E-state index contributed by atoms with van der Waals surface area (Å²) in [6.07, 6.45) is 15.3. The van der Waals surface area contributed by atoms with Gasteiger partial charge in [-0.2, -0.15) is 0 Å². The summed E-state index contributed by atoms with van der Waals surface area (Å²) in [7, 11) is 0. The molecule has 0 amide bonds. The number of allylic oxidation sites excluding steroid dienone is 2. The van der Waals surface area contributed by atoms with Gasteiger partial charge >= 0.3 is 5.97 Å². The molecule has 0 aromatic carbocycles. The first-order valence-corrected chi connectivity index (χ1v) is 11.2. The smallest absolute Gasteiger partial charge is 0.331 e. The van der Waals surface area contributed by atoms with Gasteiger partial charge in [-0.25, -0.2) is 4.79 Å². The topological polar surface area (TPSA) is 52.6 Å². The van der Waals surface area contributed by atoms with E-state index in [0.29, 0.717) is 43.4 Å². The van der Waals surface area contributed by atoms with Crippen LogP contribution in [-0.4, -0.2) is 25.7 Å². The van der Waals surface area contributed by atoms with E-state index in [2.05, 4.69) is 13.0 Å². The van der Waals surface area contributed by atoms with Gasteiger partial charge in [-0.15, -0.1) is 0 Å². The minimum absolute atomic E-state index is 0.162. The Morgan fingerprint density at radius 1 is 1.21 bits per heavy atom. The maximum atomic E-state index is 11.6. The van der Waals surface area contributed by atoms with Crippen LogP contribution in [0.2, 0.25) is 0 Å². The Morgan fingerprint density at radius 2 is 2.11 bits per heavy atom. The third-order valence-corrected chi connectivity index (χ3v) is 9.24. The van der Waals surface area contributed by atoms with E-state index in [1.807, 2.05) is 0 Å². The van der Waals surface area contributed by atoms with Crippen LogP contribution in [0.4, 0.5) is 0 Å². The zero-order valence-electron chi connectivity index (χ0n) is 17.0. The predicted molar refractivity (Wildman–Crippen MR) is 105 cm³/mol. The van der Waals surface area contributed by atoms with Crippen LogP contribution in [0.25, 0.3) is 0 Å². The molecule has 0 N–H and O–H groups in total. The van der Waals surface area contributed by atoms with Crippen molar-refractivity contribution in [2.45, 2.75) is 64.7 Å². The standard InChI is InChI=1S/C24H32O4/c1-23-11-9-21-18(20(23)8-7-19(23)16-12-22(26)28-13-16)6-5-17-4-2-3-10-24(17,21)14-27-15-25/h8,12,15,17-19,21H,2-7,9-11,13-14H2,1H3/t17-,18-,19+,21-,23+,24+/m0/s1. The molecule has 3 fully saturated rings. The molecule has 5 aliphatic rings. The number of ether oxygens (including phenoxy) is 2. The van der Waals surface area contributed by atoms with Gasteiger partial charge in [0.05, 0.1) is 6.61 Å². The van der Waals surface area contributed by atoms with Crippen molar-refractivity contribution < 1.29 is 19.1 Å². The van der Waals surface area contributed by atoms with Crippen molar-refractivity contribution in [3.8, 4) is 0 Å². The van der Waals surface area contributed by atoms with Gasteiger partial charge in [0.2, 0.25) is 0 Å². The van der Waals surface area contributed by atoms with Gasteiger partial charge in [-0.3, -0.25) is 4.79 Å². The molecule has 0 aromatic heterocycles. The third-order valence-electron chi connectivity index (χ3n) is 9.24. The lowest BCUT2D eigenvalue weighted by molar-refractivity contribution is -0.146. The molecule has 4 aliphatic carbocycles. The molecular weight excluding hydrogens is 352 g/mol. The van der Waals surface area contributed by atoms with Gasteiger partial charge in [-0.05, 0) is 79.6 Å². The lowest BCUT2D eigenvalue weighted by Gasteiger charge is -2.59. The van der Waals surface area contributed by atoms with E-state index in [1.54, 1.807) is 11.6 Å². The van der Waals surface area contributed by atoms with Crippen LogP contribution < -0.4 is 0 Å². The highest BCUT2D eigenvalue weighted by molar-refractivity contribution is 5.85. The monoisotopic (exact) mass is 384 g/mol. The maximum absolute atomic E-state index is 11.6. The molecule has 4 heteroatoms. The van der Waals surface area contributed by atoms with Crippen LogP contribution in [0.5, 0.6) is 0 Å². The summed E-state index contributed by atoms with van der Waals surface area (Å²) in [6, 6.07) is 0. The number of rotatable bonds is 4. The van der Waals surface area contributed by atoms with E-state index in [4.69, 9.17) is 9.47 Å². The number of fused-ring (bicyclic) bond motifs is 5. The molecule has 0 bridgehead atoms. The zero-order valence-corrected chi connectivity index (χ0v) is 17.0. The fourth-order valence-electron chi connectivity index (χ4n) is 8.03. The second kappa shape index (κ2) is 6.74. The Bertz CT molecular complexity index is 737. The molecule has 0 saturated heterocycles. The highest BCUT2D eigenvalue weighted by Gasteiger charge is 2.59. The van der Waals surface area contributed by atoms with Crippen molar-refractivity contribution >= 4 is 12.4 Å². The van der Waals surface area contributed by atoms with Crippen LogP contribution in [0.3, 0.4) is 0 Å². The summed E-state index contributed by atoms with van der Waals surface area (Å²) < 4.78 is 10.7. The Morgan fingerprint density at radius 3 is 2.89 bits per heavy atom. The third kappa shape index (κ3) is 2.55. The Kier molecular flexibility index (Phi) is 4.44. The van der Waals surface area contributed by atoms with Gasteiger partial charge in [-0.1, -0.05) is 31.4 Å². The minimum atomic E-state index is -0.173. The second-order valence-electron chi connectivity index (χ2n) is 10.1. The van der Waals surface area contributed by atoms with Crippen LogP contribution >= 0.6 is 0 Å². The van der Waals surface area contributed by atoms with Crippen LogP contribution in [0, 0.1) is 34.5 Å². The molecule has 0 radical (unpaired) electrons. The van der Waals surface area contributed by atoms with Crippen molar-refractivity contribution in [3.63, 3.8) is 0 Å². The summed E-state index contributed by atoms with van der Waals surface area (Å²) in [5, 5.41) is 0. The fraction of sp³-hybridized carbons (Fsp3) is 0.750. The SMILES string of the molecule is C[C@]12CC[C@H]3[C@@H](CC[C@@H]4CCCC[C@@]43COC=O)C1=CC[C@@H]2C1=CC(=O)OC1. The van der Waals surface area contributed by atoms with E-state index in [9.17, 15) is 9.59 Å². The molecule has 1 heterocycles. The molecule has 6 atom stereocenters. The lowest BCUT2D eigenvalue weighted by Crippen LogP contribution is -2.54. The Hall–Kier alpha value is -1.58. The van der Waals surface area contributed by atoms with Crippen LogP contribution in [0.1, 0.15) is 64.7 Å². The fourth-order valence-corrected chi connectivity index (χ4v) is 8.03. The van der Waals surface area contributed by atoms with Gasteiger partial charge < -0.3 is 9.47 Å². The van der Waals surface area contributed by atoms with Gasteiger partial charge in [0, 0.05) is 11.5 Å². The number of esters is 1. The Labute approximate surface area is 167 Å². The average molecular weight is 385 g/mol. The van der Waals surface area contributed by atoms with Gasteiger partial charge in [0.15, 0.2) is 0 Å². The zero-order chi connectivity index (χ0) is 19.4. The molecule has 0 aromatic rings. The van der Waals surface area contributed by atoms with Crippen molar-refractivity contribution in [1.82, 2.24) is 0 Å². The van der Waals surface area contributed by atoms with Crippen molar-refractivity contribution in [1.29, 1.82) is 0 Å². The highest BCUT2D eigenvalue weighted by Crippen LogP contribution is 2.66. The number of hydrogen-bond acceptors (Lipinski definition) is 4. The first kappa shape index (κ1) is 18.4. The Balaban J connectivity index is 1.45. The highest BCUT2D eigenvalue weighted by atomic mass is 16.5. The summed E-state index contributed by atoms with van der Waals surface area (Å²) >= 11 is 0. The van der Waals surface area contributed by atoms with E-state index in [0.717, 1.165) is 6.42 Å². The molecule has 1 aliphatic heterocycles. The summed E-state index contributed by atoms with van der Waals surface area (Å²) in [4.78, 5) is 22.7. The largest absolute Gasteiger partial charge is 0.467 e. The molecular formula is C24H32O4. The van der Waals surface area contributed by atoms with E-state index in [1.165, 1.54) is 56.9 Å². The summed E-state index contributed by atoms with van der Waals surface area (Å²) in [6.45, 7) is 4.18. The van der Waals surface area contributed by atoms with E-state index in [-0.39, 0.29) is 16.8 Å². The second-order valence-corrected chi connectivity index (χ2v) is 10.1. The molecule has 3 saturated carbocycles. The quantitative estimate of drug-likeness (QED) is 0.404. The molecule has 4 nitrogen and oxygen atoms in total. The number of carbonyl (C=O) groups is 2. The average Bonchev–Trinajstić information content (AvgIpc) is 3.28. The number of carbonyl (C=O) groups excluding carboxylic acids is 2. The normalized spacial score (nSPS) is 44.5. The predicted octanol–water partition coefficient (Wildman–Crippen LogP) is 4.59. The first-order chi connectivity index (χ1) is 13.6. The summed E-state index contributed by atoms with van der Waals surface area (Å²) in [5.74, 6) is 2.22. The summed E-state index contributed by atoms with van der Waals surface area (Å²) in [5.41, 5.74) is 3.19. The van der Waals surface area contributed by atoms with Gasteiger partial charge in [0.25, 0.3) is 6.47 Å². The van der Waals surface area contributed by atoms with Crippen LogP contribution in [0.15, 0.2) is 23.3 Å². The lowest BCUT2D eigenvalue weighted by atomic mass is 9.45. The van der Waals surface area contributed by atoms with Crippen molar-refractivity contribution in [2.75, 3.05) is 13.2 Å². The first-order valence-electron chi connectivity index (χ1n) is 11.2. The molecule has 28 heavy (non-hydrogen) atoms. The number of hydrogen-bond donors (Lipinski definition) is 0. The molecule has 152 valence electrons. The molecule has 0 unspecified atom stereocenters.